The van der Waals surface area contributed by atoms with E-state index in [1.54, 1.807) is 11.3 Å². The molecular formula is C46H23N3S3. The van der Waals surface area contributed by atoms with E-state index in [0.717, 1.165) is 27.0 Å². The van der Waals surface area contributed by atoms with Gasteiger partial charge in [0.2, 0.25) is 5.95 Å². The van der Waals surface area contributed by atoms with E-state index in [1.165, 1.54) is 88.3 Å². The number of benzene rings is 8. The van der Waals surface area contributed by atoms with Crippen molar-refractivity contribution in [3.8, 4) is 17.2 Å². The van der Waals surface area contributed by atoms with Crippen molar-refractivity contribution in [2.45, 2.75) is 0 Å². The number of hydrogen-bond acceptors (Lipinski definition) is 5. The predicted octanol–water partition coefficient (Wildman–Crippen LogP) is 14.1. The number of rotatable bonds is 2. The Morgan fingerprint density at radius 1 is 0.423 bits per heavy atom. The van der Waals surface area contributed by atoms with E-state index in [-0.39, 0.29) is 0 Å². The fourth-order valence-electron chi connectivity index (χ4n) is 8.69. The molecule has 0 saturated carbocycles. The molecule has 52 heavy (non-hydrogen) atoms. The summed E-state index contributed by atoms with van der Waals surface area (Å²) < 4.78 is 9.90. The average molecular weight is 714 g/mol. The van der Waals surface area contributed by atoms with Crippen LogP contribution in [0.2, 0.25) is 0 Å². The molecule has 0 aliphatic rings. The largest absolute Gasteiger partial charge is 0.276 e. The molecule has 0 atom stereocenters. The maximum absolute atomic E-state index is 5.63. The van der Waals surface area contributed by atoms with E-state index in [4.69, 9.17) is 9.97 Å². The summed E-state index contributed by atoms with van der Waals surface area (Å²) in [4.78, 5) is 11.2. The Morgan fingerprint density at radius 2 is 1.12 bits per heavy atom. The quantitative estimate of drug-likeness (QED) is 0.167. The molecular weight excluding hydrogens is 691 g/mol. The van der Waals surface area contributed by atoms with Crippen LogP contribution in [0.4, 0.5) is 0 Å². The molecule has 0 saturated heterocycles. The van der Waals surface area contributed by atoms with Crippen LogP contribution in [0.3, 0.4) is 0 Å². The molecule has 0 bridgehead atoms. The fraction of sp³-hybridized carbons (Fsp3) is 0. The summed E-state index contributed by atoms with van der Waals surface area (Å²) in [6, 6.07) is 51.1. The smallest absolute Gasteiger partial charge is 0.235 e. The number of nitrogens with zero attached hydrogens (tertiary/aromatic N) is 3. The van der Waals surface area contributed by atoms with Gasteiger partial charge >= 0.3 is 0 Å². The molecule has 0 radical (unpaired) electrons. The van der Waals surface area contributed by atoms with E-state index in [0.29, 0.717) is 5.95 Å². The molecule has 0 aliphatic heterocycles. The molecule has 0 fully saturated rings. The molecule has 13 rings (SSSR count). The number of thiophene rings is 3. The van der Waals surface area contributed by atoms with Gasteiger partial charge in [0.05, 0.1) is 31.6 Å². The lowest BCUT2D eigenvalue weighted by Gasteiger charge is -2.11. The Bertz CT molecular complexity index is 3650. The summed E-state index contributed by atoms with van der Waals surface area (Å²) in [7, 11) is 0. The first-order valence-corrected chi connectivity index (χ1v) is 19.9. The van der Waals surface area contributed by atoms with Gasteiger partial charge < -0.3 is 0 Å². The van der Waals surface area contributed by atoms with Gasteiger partial charge in [-0.2, -0.15) is 0 Å². The maximum atomic E-state index is 5.63. The highest BCUT2D eigenvalue weighted by Crippen LogP contribution is 2.50. The van der Waals surface area contributed by atoms with Crippen LogP contribution in [0, 0.1) is 0 Å². The fourth-order valence-corrected chi connectivity index (χ4v) is 12.2. The molecule has 0 N–H and O–H groups in total. The number of fused-ring (bicyclic) bond motifs is 12. The second-order valence-electron chi connectivity index (χ2n) is 13.7. The van der Waals surface area contributed by atoms with Gasteiger partial charge in [0.15, 0.2) is 0 Å². The summed E-state index contributed by atoms with van der Waals surface area (Å²) >= 11 is 5.53. The minimum Gasteiger partial charge on any atom is -0.276 e. The molecule has 0 amide bonds. The highest BCUT2D eigenvalue weighted by Gasteiger charge is 2.26. The SMILES string of the molecule is c1ccc2cc(-c3nc(-n4c5cc6sc7ccccc7c6c6ccc7cc8c9ccccc9sc8c4c7c65)nc4c3sc3ccccc34)ccc2c1. The van der Waals surface area contributed by atoms with E-state index in [1.807, 2.05) is 22.7 Å². The van der Waals surface area contributed by atoms with Crippen LogP contribution in [0.25, 0.3) is 121 Å². The number of aromatic nitrogens is 3. The summed E-state index contributed by atoms with van der Waals surface area (Å²) in [5, 5.41) is 13.9. The highest BCUT2D eigenvalue weighted by atomic mass is 32.1. The third-order valence-electron chi connectivity index (χ3n) is 10.9. The van der Waals surface area contributed by atoms with Gasteiger partial charge in [-0.3, -0.25) is 4.57 Å². The van der Waals surface area contributed by atoms with Gasteiger partial charge in [-0.1, -0.05) is 103 Å². The zero-order chi connectivity index (χ0) is 33.7. The van der Waals surface area contributed by atoms with Crippen molar-refractivity contribution >= 4 is 138 Å². The lowest BCUT2D eigenvalue weighted by Crippen LogP contribution is -2.03. The van der Waals surface area contributed by atoms with Crippen LogP contribution >= 0.6 is 34.0 Å². The molecule has 5 aromatic heterocycles. The Balaban J connectivity index is 1.26. The number of hydrogen-bond donors (Lipinski definition) is 0. The van der Waals surface area contributed by atoms with Crippen LogP contribution < -0.4 is 0 Å². The highest BCUT2D eigenvalue weighted by molar-refractivity contribution is 7.27. The maximum Gasteiger partial charge on any atom is 0.235 e. The van der Waals surface area contributed by atoms with Crippen molar-refractivity contribution in [3.63, 3.8) is 0 Å². The van der Waals surface area contributed by atoms with Gasteiger partial charge in [0.25, 0.3) is 0 Å². The normalized spacial score (nSPS) is 12.6. The second kappa shape index (κ2) is 9.90. The Labute approximate surface area is 307 Å². The lowest BCUT2D eigenvalue weighted by atomic mass is 9.97. The van der Waals surface area contributed by atoms with Crippen LogP contribution in [-0.2, 0) is 0 Å². The van der Waals surface area contributed by atoms with Crippen molar-refractivity contribution in [2.75, 3.05) is 0 Å². The van der Waals surface area contributed by atoms with Crippen molar-refractivity contribution in [3.05, 3.63) is 140 Å². The third kappa shape index (κ3) is 3.54. The summed E-state index contributed by atoms with van der Waals surface area (Å²) in [6.45, 7) is 0. The van der Waals surface area contributed by atoms with Crippen molar-refractivity contribution in [1.29, 1.82) is 0 Å². The Morgan fingerprint density at radius 3 is 1.98 bits per heavy atom. The molecule has 0 aliphatic carbocycles. The van der Waals surface area contributed by atoms with E-state index < -0.39 is 0 Å². The Hall–Kier alpha value is -5.92. The average Bonchev–Trinajstić information content (AvgIpc) is 3.95. The van der Waals surface area contributed by atoms with Crippen LogP contribution in [0.1, 0.15) is 0 Å². The molecule has 8 aromatic carbocycles. The summed E-state index contributed by atoms with van der Waals surface area (Å²) in [5.74, 6) is 0.712. The van der Waals surface area contributed by atoms with Crippen LogP contribution in [0.15, 0.2) is 140 Å². The molecule has 3 nitrogen and oxygen atoms in total. The summed E-state index contributed by atoms with van der Waals surface area (Å²) in [6.07, 6.45) is 0. The molecule has 13 aromatic rings. The minimum atomic E-state index is 0.712. The van der Waals surface area contributed by atoms with Crippen molar-refractivity contribution in [1.82, 2.24) is 14.5 Å². The van der Waals surface area contributed by atoms with E-state index >= 15 is 0 Å². The van der Waals surface area contributed by atoms with Crippen LogP contribution in [-0.4, -0.2) is 14.5 Å². The topological polar surface area (TPSA) is 30.7 Å². The molecule has 240 valence electrons. The lowest BCUT2D eigenvalue weighted by molar-refractivity contribution is 1.02. The standard InChI is InChI=1S/C46H23N3S3/c1-2-10-25-21-27(18-17-24(25)9-1)41-45-42(30-13-5-8-16-36(30)52-45)48-46(47-41)49-33-23-37-39(29-12-4-7-15-35(29)50-37)31-20-19-26-22-32-28-11-3-6-14-34(28)51-44(32)43(49)38(26)40(31)33/h1-23H. The molecule has 6 heteroatoms. The Kier molecular flexibility index (Phi) is 5.28. The van der Waals surface area contributed by atoms with E-state index in [2.05, 4.69) is 144 Å². The van der Waals surface area contributed by atoms with Gasteiger partial charge in [-0.15, -0.1) is 34.0 Å². The van der Waals surface area contributed by atoms with Crippen LogP contribution in [0.5, 0.6) is 0 Å². The second-order valence-corrected chi connectivity index (χ2v) is 16.9. The third-order valence-corrected chi connectivity index (χ3v) is 14.4. The van der Waals surface area contributed by atoms with Crippen molar-refractivity contribution < 1.29 is 0 Å². The molecule has 5 heterocycles. The van der Waals surface area contributed by atoms with Crippen molar-refractivity contribution in [2.24, 2.45) is 0 Å². The van der Waals surface area contributed by atoms with Gasteiger partial charge in [0, 0.05) is 62.1 Å². The summed E-state index contributed by atoms with van der Waals surface area (Å²) in [5.41, 5.74) is 5.43. The van der Waals surface area contributed by atoms with Gasteiger partial charge in [-0.05, 0) is 57.9 Å². The molecule has 0 unspecified atom stereocenters. The van der Waals surface area contributed by atoms with Gasteiger partial charge in [-0.25, -0.2) is 9.97 Å². The first-order chi connectivity index (χ1) is 25.8. The predicted molar refractivity (Wildman–Crippen MR) is 227 cm³/mol. The minimum absolute atomic E-state index is 0.712. The first-order valence-electron chi connectivity index (χ1n) is 17.4. The molecule has 0 spiro atoms. The van der Waals surface area contributed by atoms with E-state index in [9.17, 15) is 0 Å². The monoisotopic (exact) mass is 713 g/mol. The zero-order valence-corrected chi connectivity index (χ0v) is 29.8. The zero-order valence-electron chi connectivity index (χ0n) is 27.3. The van der Waals surface area contributed by atoms with Gasteiger partial charge in [0.1, 0.15) is 0 Å². The first kappa shape index (κ1) is 27.8.